The van der Waals surface area contributed by atoms with Crippen molar-refractivity contribution in [3.05, 3.63) is 58.8 Å². The molecule has 2 aromatic carbocycles. The van der Waals surface area contributed by atoms with Crippen LogP contribution in [0.2, 0.25) is 5.02 Å². The van der Waals surface area contributed by atoms with Gasteiger partial charge in [0.15, 0.2) is 5.58 Å². The molecule has 0 saturated heterocycles. The highest BCUT2D eigenvalue weighted by molar-refractivity contribution is 6.38. The fourth-order valence-corrected chi connectivity index (χ4v) is 3.11. The molecule has 3 aromatic rings. The highest BCUT2D eigenvalue weighted by atomic mass is 35.5. The third-order valence-electron chi connectivity index (χ3n) is 4.08. The molecule has 2 heterocycles. The number of nitrogens with zero attached hydrogens (tertiary/aromatic N) is 2. The third kappa shape index (κ3) is 3.02. The number of hydrogen-bond donors (Lipinski definition) is 0. The van der Waals surface area contributed by atoms with Crippen molar-refractivity contribution in [1.82, 2.24) is 4.98 Å². The maximum Gasteiger partial charge on any atom is 0.357 e. The Balaban J connectivity index is 1.80. The molecule has 0 atom stereocenters. The predicted octanol–water partition coefficient (Wildman–Crippen LogP) is 5.30. The molecule has 0 fully saturated rings. The van der Waals surface area contributed by atoms with E-state index >= 15 is 0 Å². The van der Waals surface area contributed by atoms with Gasteiger partial charge in [0.1, 0.15) is 11.2 Å². The average molecular weight is 367 g/mol. The Morgan fingerprint density at radius 2 is 2.04 bits per heavy atom. The van der Waals surface area contributed by atoms with Crippen LogP contribution < -0.4 is 0 Å². The van der Waals surface area contributed by atoms with Crippen LogP contribution in [0, 0.1) is 13.8 Å². The Morgan fingerprint density at radius 1 is 1.19 bits per heavy atom. The van der Waals surface area contributed by atoms with Crippen LogP contribution in [0.25, 0.3) is 22.6 Å². The van der Waals surface area contributed by atoms with Gasteiger partial charge in [-0.25, -0.2) is 14.8 Å². The number of hydrogen-bond acceptors (Lipinski definition) is 5. The summed E-state index contributed by atoms with van der Waals surface area (Å²) >= 11 is 6.35. The minimum atomic E-state index is -0.447. The summed E-state index contributed by atoms with van der Waals surface area (Å²) in [5, 5.41) is 0.501. The normalized spacial score (nSPS) is 15.7. The number of aliphatic imine (C=N–C) groups is 1. The molecule has 0 spiro atoms. The summed E-state index contributed by atoms with van der Waals surface area (Å²) in [4.78, 5) is 20.7. The molecule has 4 rings (SSSR count). The van der Waals surface area contributed by atoms with Gasteiger partial charge in [0.2, 0.25) is 5.89 Å². The van der Waals surface area contributed by atoms with Gasteiger partial charge in [0.25, 0.3) is 0 Å². The van der Waals surface area contributed by atoms with Gasteiger partial charge in [-0.05, 0) is 55.3 Å². The fourth-order valence-electron chi connectivity index (χ4n) is 2.91. The molecule has 0 bridgehead atoms. The summed E-state index contributed by atoms with van der Waals surface area (Å²) in [6.07, 6.45) is 3.54. The van der Waals surface area contributed by atoms with Crippen molar-refractivity contribution in [3.8, 4) is 11.5 Å². The van der Waals surface area contributed by atoms with Gasteiger partial charge >= 0.3 is 5.97 Å². The summed E-state index contributed by atoms with van der Waals surface area (Å²) in [7, 11) is 0. The van der Waals surface area contributed by atoms with Crippen LogP contribution in [0.15, 0.2) is 52.1 Å². The monoisotopic (exact) mass is 366 g/mol. The second kappa shape index (κ2) is 6.42. The number of halogens is 1. The van der Waals surface area contributed by atoms with E-state index in [0.717, 1.165) is 22.2 Å². The molecule has 5 nitrogen and oxygen atoms in total. The summed E-state index contributed by atoms with van der Waals surface area (Å²) in [5.41, 5.74) is 5.20. The van der Waals surface area contributed by atoms with E-state index in [-0.39, 0.29) is 0 Å². The maximum absolute atomic E-state index is 11.7. The lowest BCUT2D eigenvalue weighted by atomic mass is 10.1. The Labute approximate surface area is 155 Å². The van der Waals surface area contributed by atoms with Crippen LogP contribution in [0.4, 0.5) is 5.69 Å². The lowest BCUT2D eigenvalue weighted by Crippen LogP contribution is -2.17. The topological polar surface area (TPSA) is 64.7 Å². The lowest BCUT2D eigenvalue weighted by molar-refractivity contribution is -0.130. The molecule has 26 heavy (non-hydrogen) atoms. The second-order valence-electron chi connectivity index (χ2n) is 6.15. The standard InChI is InChI=1S/C20H15ClN2O3/c1-11-8-12(2)18-17(9-11)23-19(26-18)14-10-13(5-6-15(14)21)22-16-4-3-7-25-20(16)24/h3,5-10H,4H2,1-2H3. The fraction of sp³-hybridized carbons (Fsp3) is 0.150. The zero-order valence-corrected chi connectivity index (χ0v) is 15.0. The van der Waals surface area contributed by atoms with E-state index in [1.807, 2.05) is 26.0 Å². The van der Waals surface area contributed by atoms with Crippen molar-refractivity contribution < 1.29 is 13.9 Å². The smallest absolute Gasteiger partial charge is 0.357 e. The molecule has 0 aliphatic carbocycles. The minimum absolute atomic E-state index is 0.338. The molecule has 0 unspecified atom stereocenters. The molecule has 1 aliphatic rings. The molecule has 1 aliphatic heterocycles. The number of esters is 1. The highest BCUT2D eigenvalue weighted by Crippen LogP contribution is 2.34. The molecule has 130 valence electrons. The number of benzene rings is 2. The van der Waals surface area contributed by atoms with Gasteiger partial charge in [-0.3, -0.25) is 0 Å². The van der Waals surface area contributed by atoms with Crippen LogP contribution in [0.5, 0.6) is 0 Å². The van der Waals surface area contributed by atoms with Gasteiger partial charge in [-0.1, -0.05) is 17.7 Å². The zero-order valence-electron chi connectivity index (χ0n) is 14.2. The van der Waals surface area contributed by atoms with E-state index in [9.17, 15) is 4.79 Å². The Bertz CT molecular complexity index is 1100. The van der Waals surface area contributed by atoms with Crippen molar-refractivity contribution >= 4 is 40.1 Å². The van der Waals surface area contributed by atoms with Crippen molar-refractivity contribution in [3.63, 3.8) is 0 Å². The molecule has 0 amide bonds. The van der Waals surface area contributed by atoms with Crippen LogP contribution >= 0.6 is 11.6 Å². The Morgan fingerprint density at radius 3 is 2.85 bits per heavy atom. The van der Waals surface area contributed by atoms with E-state index in [1.165, 1.54) is 6.26 Å². The van der Waals surface area contributed by atoms with Crippen LogP contribution in [0.1, 0.15) is 17.5 Å². The molecule has 0 radical (unpaired) electrons. The van der Waals surface area contributed by atoms with Gasteiger partial charge in [0.05, 0.1) is 22.5 Å². The van der Waals surface area contributed by atoms with Crippen LogP contribution in [0.3, 0.4) is 0 Å². The van der Waals surface area contributed by atoms with Crippen LogP contribution in [-0.4, -0.2) is 16.7 Å². The van der Waals surface area contributed by atoms with Gasteiger partial charge < -0.3 is 9.15 Å². The van der Waals surface area contributed by atoms with E-state index in [1.54, 1.807) is 24.3 Å². The number of aryl methyl sites for hydroxylation is 2. The number of rotatable bonds is 2. The molecule has 1 aromatic heterocycles. The predicted molar refractivity (Wildman–Crippen MR) is 101 cm³/mol. The van der Waals surface area contributed by atoms with E-state index < -0.39 is 5.97 Å². The lowest BCUT2D eigenvalue weighted by Gasteiger charge is -2.07. The van der Waals surface area contributed by atoms with Crippen molar-refractivity contribution in [2.45, 2.75) is 20.3 Å². The van der Waals surface area contributed by atoms with Gasteiger partial charge in [-0.15, -0.1) is 0 Å². The minimum Gasteiger partial charge on any atom is -0.436 e. The van der Waals surface area contributed by atoms with Crippen LogP contribution in [-0.2, 0) is 9.53 Å². The average Bonchev–Trinajstić information content (AvgIpc) is 3.02. The summed E-state index contributed by atoms with van der Waals surface area (Å²) in [6.45, 7) is 4.00. The first kappa shape index (κ1) is 16.5. The Kier molecular flexibility index (Phi) is 4.09. The summed E-state index contributed by atoms with van der Waals surface area (Å²) < 4.78 is 10.8. The van der Waals surface area contributed by atoms with Gasteiger partial charge in [-0.2, -0.15) is 0 Å². The van der Waals surface area contributed by atoms with E-state index in [2.05, 4.69) is 9.98 Å². The van der Waals surface area contributed by atoms with Gasteiger partial charge in [0, 0.05) is 6.42 Å². The number of ether oxygens (including phenoxy) is 1. The molecule has 0 N–H and O–H groups in total. The number of fused-ring (bicyclic) bond motifs is 1. The maximum atomic E-state index is 11.7. The van der Waals surface area contributed by atoms with Crippen molar-refractivity contribution in [2.24, 2.45) is 4.99 Å². The number of oxazole rings is 1. The first-order valence-corrected chi connectivity index (χ1v) is 8.50. The number of carbonyl (C=O) groups is 1. The first-order valence-electron chi connectivity index (χ1n) is 8.12. The zero-order chi connectivity index (χ0) is 18.3. The van der Waals surface area contributed by atoms with E-state index in [0.29, 0.717) is 34.3 Å². The molecule has 6 heteroatoms. The molecular weight excluding hydrogens is 352 g/mol. The number of aromatic nitrogens is 1. The largest absolute Gasteiger partial charge is 0.436 e. The summed E-state index contributed by atoms with van der Waals surface area (Å²) in [5.74, 6) is -0.0242. The SMILES string of the molecule is Cc1cc(C)c2oc(-c3cc(N=C4CC=COC4=O)ccc3Cl)nc2c1. The quantitative estimate of drug-likeness (QED) is 0.577. The van der Waals surface area contributed by atoms with E-state index in [4.69, 9.17) is 20.8 Å². The number of allylic oxidation sites excluding steroid dienone is 1. The second-order valence-corrected chi connectivity index (χ2v) is 6.56. The number of cyclic esters (lactones) is 1. The van der Waals surface area contributed by atoms with Crippen molar-refractivity contribution in [1.29, 1.82) is 0 Å². The number of carbonyl (C=O) groups excluding carboxylic acids is 1. The first-order chi connectivity index (χ1) is 12.5. The van der Waals surface area contributed by atoms with Crippen molar-refractivity contribution in [2.75, 3.05) is 0 Å². The molecule has 0 saturated carbocycles. The highest BCUT2D eigenvalue weighted by Gasteiger charge is 2.17. The summed E-state index contributed by atoms with van der Waals surface area (Å²) in [6, 6.07) is 9.23. The Hall–Kier alpha value is -2.92. The molecular formula is C20H15ClN2O3. The third-order valence-corrected chi connectivity index (χ3v) is 4.41.